The first-order valence-corrected chi connectivity index (χ1v) is 6.84. The van der Waals surface area contributed by atoms with Gasteiger partial charge in [0.25, 0.3) is 0 Å². The van der Waals surface area contributed by atoms with E-state index in [0.717, 1.165) is 12.8 Å². The number of nitrogens with one attached hydrogen (secondary N) is 2. The molecule has 0 fully saturated rings. The number of likely N-dealkylation sites (N-methyl/N-ethyl adjacent to an activating group) is 1. The highest BCUT2D eigenvalue weighted by molar-refractivity contribution is 6.35. The van der Waals surface area contributed by atoms with Gasteiger partial charge in [-0.05, 0) is 32.5 Å². The predicted octanol–water partition coefficient (Wildman–Crippen LogP) is 0.413. The van der Waals surface area contributed by atoms with Crippen molar-refractivity contribution in [3.05, 3.63) is 35.9 Å². The van der Waals surface area contributed by atoms with Gasteiger partial charge in [0.15, 0.2) is 0 Å². The van der Waals surface area contributed by atoms with E-state index in [1.807, 2.05) is 37.2 Å². The minimum atomic E-state index is -0.563. The van der Waals surface area contributed by atoms with Crippen LogP contribution in [0.2, 0.25) is 0 Å². The van der Waals surface area contributed by atoms with E-state index in [9.17, 15) is 9.59 Å². The van der Waals surface area contributed by atoms with Crippen molar-refractivity contribution in [2.75, 3.05) is 33.7 Å². The molecule has 20 heavy (non-hydrogen) atoms. The topological polar surface area (TPSA) is 61.4 Å². The maximum absolute atomic E-state index is 11.5. The smallest absolute Gasteiger partial charge is 0.309 e. The van der Waals surface area contributed by atoms with Crippen molar-refractivity contribution in [1.29, 1.82) is 0 Å². The Morgan fingerprint density at radius 1 is 1.00 bits per heavy atom. The molecular formula is C15H23N3O2. The molecular weight excluding hydrogens is 254 g/mol. The molecule has 2 amide bonds. The van der Waals surface area contributed by atoms with Gasteiger partial charge < -0.3 is 15.5 Å². The third kappa shape index (κ3) is 6.89. The molecule has 0 radical (unpaired) electrons. The zero-order chi connectivity index (χ0) is 14.8. The Balaban J connectivity index is 2.12. The lowest BCUT2D eigenvalue weighted by atomic mass is 10.1. The molecule has 2 N–H and O–H groups in total. The summed E-state index contributed by atoms with van der Waals surface area (Å²) in [4.78, 5) is 24.9. The highest BCUT2D eigenvalue weighted by Gasteiger charge is 2.11. The maximum atomic E-state index is 11.5. The quantitative estimate of drug-likeness (QED) is 0.561. The van der Waals surface area contributed by atoms with Crippen molar-refractivity contribution in [3.8, 4) is 0 Å². The number of rotatable bonds is 7. The summed E-state index contributed by atoms with van der Waals surface area (Å²) in [5.74, 6) is -1.12. The predicted molar refractivity (Wildman–Crippen MR) is 79.3 cm³/mol. The summed E-state index contributed by atoms with van der Waals surface area (Å²) in [5, 5.41) is 5.21. The van der Waals surface area contributed by atoms with E-state index in [1.54, 1.807) is 0 Å². The highest BCUT2D eigenvalue weighted by Crippen LogP contribution is 2.01. The van der Waals surface area contributed by atoms with Crippen molar-refractivity contribution in [2.45, 2.75) is 12.8 Å². The van der Waals surface area contributed by atoms with E-state index in [0.29, 0.717) is 19.6 Å². The van der Waals surface area contributed by atoms with Gasteiger partial charge in [-0.15, -0.1) is 0 Å². The molecule has 0 unspecified atom stereocenters. The molecule has 0 saturated heterocycles. The largest absolute Gasteiger partial charge is 0.348 e. The lowest BCUT2D eigenvalue weighted by Crippen LogP contribution is -2.42. The van der Waals surface area contributed by atoms with E-state index >= 15 is 0 Å². The van der Waals surface area contributed by atoms with Crippen LogP contribution in [0.3, 0.4) is 0 Å². The first-order valence-electron chi connectivity index (χ1n) is 6.84. The molecule has 0 atom stereocenters. The molecule has 0 aliphatic carbocycles. The van der Waals surface area contributed by atoms with Crippen molar-refractivity contribution < 1.29 is 9.59 Å². The fraction of sp³-hybridized carbons (Fsp3) is 0.467. The van der Waals surface area contributed by atoms with Crippen LogP contribution in [0.15, 0.2) is 30.3 Å². The lowest BCUT2D eigenvalue weighted by Gasteiger charge is -2.10. The second-order valence-electron chi connectivity index (χ2n) is 4.90. The molecule has 5 nitrogen and oxygen atoms in total. The Labute approximate surface area is 120 Å². The Bertz CT molecular complexity index is 418. The van der Waals surface area contributed by atoms with Crippen LogP contribution in [0.25, 0.3) is 0 Å². The molecule has 1 aromatic rings. The zero-order valence-corrected chi connectivity index (χ0v) is 12.2. The third-order valence-corrected chi connectivity index (χ3v) is 2.82. The van der Waals surface area contributed by atoms with E-state index in [2.05, 4.69) is 22.8 Å². The Morgan fingerprint density at radius 3 is 2.20 bits per heavy atom. The summed E-state index contributed by atoms with van der Waals surface area (Å²) in [5.41, 5.74) is 1.23. The van der Waals surface area contributed by atoms with Crippen molar-refractivity contribution >= 4 is 11.8 Å². The Morgan fingerprint density at radius 2 is 1.60 bits per heavy atom. The molecule has 0 bridgehead atoms. The van der Waals surface area contributed by atoms with E-state index in [1.165, 1.54) is 5.56 Å². The molecule has 1 rings (SSSR count). The number of nitrogens with zero attached hydrogens (tertiary/aromatic N) is 1. The summed E-state index contributed by atoms with van der Waals surface area (Å²) < 4.78 is 0. The average Bonchev–Trinajstić information content (AvgIpc) is 2.44. The van der Waals surface area contributed by atoms with Gasteiger partial charge in [-0.2, -0.15) is 0 Å². The van der Waals surface area contributed by atoms with Gasteiger partial charge in [0, 0.05) is 19.6 Å². The van der Waals surface area contributed by atoms with Crippen LogP contribution in [0, 0.1) is 0 Å². The van der Waals surface area contributed by atoms with Gasteiger partial charge in [-0.3, -0.25) is 9.59 Å². The molecule has 0 heterocycles. The van der Waals surface area contributed by atoms with Crippen LogP contribution in [-0.2, 0) is 16.0 Å². The molecule has 1 aromatic carbocycles. The number of amides is 2. The van der Waals surface area contributed by atoms with Crippen LogP contribution in [0.1, 0.15) is 12.0 Å². The average molecular weight is 277 g/mol. The van der Waals surface area contributed by atoms with Crippen LogP contribution >= 0.6 is 0 Å². The molecule has 110 valence electrons. The minimum absolute atomic E-state index is 0.475. The van der Waals surface area contributed by atoms with Gasteiger partial charge in [0.1, 0.15) is 0 Å². The van der Waals surface area contributed by atoms with Crippen LogP contribution in [0.5, 0.6) is 0 Å². The van der Waals surface area contributed by atoms with Gasteiger partial charge >= 0.3 is 11.8 Å². The number of hydrogen-bond donors (Lipinski definition) is 2. The van der Waals surface area contributed by atoms with Crippen molar-refractivity contribution in [2.24, 2.45) is 0 Å². The third-order valence-electron chi connectivity index (χ3n) is 2.82. The van der Waals surface area contributed by atoms with E-state index in [4.69, 9.17) is 0 Å². The number of aryl methyl sites for hydroxylation is 1. The lowest BCUT2D eigenvalue weighted by molar-refractivity contribution is -0.139. The minimum Gasteiger partial charge on any atom is -0.348 e. The summed E-state index contributed by atoms with van der Waals surface area (Å²) in [6, 6.07) is 10.1. The van der Waals surface area contributed by atoms with Crippen LogP contribution in [-0.4, -0.2) is 50.4 Å². The van der Waals surface area contributed by atoms with Crippen LogP contribution < -0.4 is 10.6 Å². The van der Waals surface area contributed by atoms with Crippen molar-refractivity contribution in [1.82, 2.24) is 15.5 Å². The first kappa shape index (κ1) is 16.2. The number of benzene rings is 1. The fourth-order valence-corrected chi connectivity index (χ4v) is 1.69. The summed E-state index contributed by atoms with van der Waals surface area (Å²) in [7, 11) is 3.83. The molecule has 0 aliphatic heterocycles. The normalized spacial score (nSPS) is 10.3. The van der Waals surface area contributed by atoms with Crippen LogP contribution in [0.4, 0.5) is 0 Å². The van der Waals surface area contributed by atoms with E-state index in [-0.39, 0.29) is 0 Å². The summed E-state index contributed by atoms with van der Waals surface area (Å²) in [6.07, 6.45) is 1.71. The van der Waals surface area contributed by atoms with Gasteiger partial charge in [-0.25, -0.2) is 0 Å². The summed E-state index contributed by atoms with van der Waals surface area (Å²) >= 11 is 0. The Kier molecular flexibility index (Phi) is 7.35. The molecule has 0 aliphatic rings. The maximum Gasteiger partial charge on any atom is 0.309 e. The Hall–Kier alpha value is -1.88. The number of carbonyl (C=O) groups excluding carboxylic acids is 2. The van der Waals surface area contributed by atoms with E-state index < -0.39 is 11.8 Å². The second-order valence-corrected chi connectivity index (χ2v) is 4.90. The number of hydrogen-bond acceptors (Lipinski definition) is 3. The zero-order valence-electron chi connectivity index (χ0n) is 12.2. The monoisotopic (exact) mass is 277 g/mol. The first-order chi connectivity index (χ1) is 9.59. The van der Waals surface area contributed by atoms with Gasteiger partial charge in [0.2, 0.25) is 0 Å². The molecule has 5 heteroatoms. The second kappa shape index (κ2) is 9.09. The highest BCUT2D eigenvalue weighted by atomic mass is 16.2. The standard InChI is InChI=1S/C15H23N3O2/c1-18(2)12-11-17-15(20)14(19)16-10-6-9-13-7-4-3-5-8-13/h3-5,7-8H,6,9-12H2,1-2H3,(H,16,19)(H,17,20). The van der Waals surface area contributed by atoms with Crippen molar-refractivity contribution in [3.63, 3.8) is 0 Å². The van der Waals surface area contributed by atoms with Gasteiger partial charge in [0.05, 0.1) is 0 Å². The molecule has 0 spiro atoms. The SMILES string of the molecule is CN(C)CCNC(=O)C(=O)NCCCc1ccccc1. The fourth-order valence-electron chi connectivity index (χ4n) is 1.69. The van der Waals surface area contributed by atoms with Gasteiger partial charge in [-0.1, -0.05) is 30.3 Å². The molecule has 0 saturated carbocycles. The number of carbonyl (C=O) groups is 2. The molecule has 0 aromatic heterocycles. The summed E-state index contributed by atoms with van der Waals surface area (Å²) in [6.45, 7) is 1.70.